The van der Waals surface area contributed by atoms with Gasteiger partial charge in [-0.05, 0) is 45.4 Å². The van der Waals surface area contributed by atoms with Gasteiger partial charge in [0.2, 0.25) is 0 Å². The van der Waals surface area contributed by atoms with Crippen LogP contribution in [0.1, 0.15) is 27.2 Å². The number of nitrogens with one attached hydrogen (secondary N) is 2. The van der Waals surface area contributed by atoms with Crippen LogP contribution in [0.3, 0.4) is 0 Å². The SMILES string of the molecule is CC(C)(C)NC(=O)Oc1c[nH]c2ncc(-c3nn(CCCS(C)(=O)=O)c4cc(F)ccc34)nc12. The molecule has 4 aromatic rings. The summed E-state index contributed by atoms with van der Waals surface area (Å²) in [6.45, 7) is 5.79. The number of rotatable bonds is 6. The number of aryl methyl sites for hydroxylation is 1. The first-order valence-corrected chi connectivity index (χ1v) is 12.6. The summed E-state index contributed by atoms with van der Waals surface area (Å²) in [5, 5.41) is 7.92. The number of carbonyl (C=O) groups is 1. The molecule has 0 aliphatic rings. The molecular weight excluding hydrogens is 463 g/mol. The molecule has 1 amide bonds. The van der Waals surface area contributed by atoms with Gasteiger partial charge in [0.05, 0.1) is 17.5 Å². The highest BCUT2D eigenvalue weighted by Gasteiger charge is 2.20. The van der Waals surface area contributed by atoms with Crippen molar-refractivity contribution in [3.63, 3.8) is 0 Å². The molecule has 4 rings (SSSR count). The normalized spacial score (nSPS) is 12.4. The number of hydrogen-bond donors (Lipinski definition) is 2. The monoisotopic (exact) mass is 488 g/mol. The highest BCUT2D eigenvalue weighted by atomic mass is 32.2. The van der Waals surface area contributed by atoms with Crippen molar-refractivity contribution in [2.24, 2.45) is 0 Å². The minimum atomic E-state index is -3.13. The number of aromatic amines is 1. The zero-order chi connectivity index (χ0) is 24.7. The second-order valence-electron chi connectivity index (χ2n) is 9.09. The van der Waals surface area contributed by atoms with Gasteiger partial charge in [-0.2, -0.15) is 5.10 Å². The summed E-state index contributed by atoms with van der Waals surface area (Å²) in [6, 6.07) is 4.26. The third-order valence-electron chi connectivity index (χ3n) is 4.87. The lowest BCUT2D eigenvalue weighted by molar-refractivity contribution is 0.191. The molecule has 34 heavy (non-hydrogen) atoms. The van der Waals surface area contributed by atoms with E-state index in [-0.39, 0.29) is 18.0 Å². The molecule has 0 fully saturated rings. The van der Waals surface area contributed by atoms with Crippen molar-refractivity contribution in [1.29, 1.82) is 0 Å². The van der Waals surface area contributed by atoms with E-state index in [1.54, 1.807) is 10.7 Å². The minimum absolute atomic E-state index is 0.00849. The molecule has 0 saturated heterocycles. The topological polar surface area (TPSA) is 132 Å². The first-order valence-electron chi connectivity index (χ1n) is 10.6. The van der Waals surface area contributed by atoms with Gasteiger partial charge < -0.3 is 15.0 Å². The molecule has 0 unspecified atom stereocenters. The van der Waals surface area contributed by atoms with Crippen LogP contribution in [0.5, 0.6) is 5.75 Å². The molecule has 0 aliphatic carbocycles. The van der Waals surface area contributed by atoms with Crippen molar-refractivity contribution >= 4 is 38.0 Å². The molecule has 3 aromatic heterocycles. The average Bonchev–Trinajstić information content (AvgIpc) is 3.26. The summed E-state index contributed by atoms with van der Waals surface area (Å²) in [6.07, 6.45) is 3.88. The van der Waals surface area contributed by atoms with Crippen LogP contribution >= 0.6 is 0 Å². The van der Waals surface area contributed by atoms with E-state index in [1.807, 2.05) is 20.8 Å². The Balaban J connectivity index is 1.71. The Morgan fingerprint density at radius 2 is 2.06 bits per heavy atom. The number of carbonyl (C=O) groups excluding carboxylic acids is 1. The van der Waals surface area contributed by atoms with Crippen molar-refractivity contribution < 1.29 is 22.3 Å². The quantitative estimate of drug-likeness (QED) is 0.425. The number of halogens is 1. The van der Waals surface area contributed by atoms with Gasteiger partial charge in [0.1, 0.15) is 27.0 Å². The second-order valence-corrected chi connectivity index (χ2v) is 11.3. The van der Waals surface area contributed by atoms with Gasteiger partial charge >= 0.3 is 6.09 Å². The number of ether oxygens (including phenoxy) is 1. The van der Waals surface area contributed by atoms with Crippen molar-refractivity contribution in [1.82, 2.24) is 30.0 Å². The third-order valence-corrected chi connectivity index (χ3v) is 5.90. The van der Waals surface area contributed by atoms with Crippen molar-refractivity contribution in [3.05, 3.63) is 36.4 Å². The Labute approximate surface area is 195 Å². The predicted molar refractivity (Wildman–Crippen MR) is 126 cm³/mol. The van der Waals surface area contributed by atoms with Crippen LogP contribution in [0.2, 0.25) is 0 Å². The highest BCUT2D eigenvalue weighted by molar-refractivity contribution is 7.90. The lowest BCUT2D eigenvalue weighted by Gasteiger charge is -2.19. The zero-order valence-corrected chi connectivity index (χ0v) is 20.0. The summed E-state index contributed by atoms with van der Waals surface area (Å²) in [4.78, 5) is 24.1. The molecule has 0 saturated carbocycles. The molecule has 180 valence electrons. The van der Waals surface area contributed by atoms with E-state index in [2.05, 4.69) is 25.4 Å². The molecular formula is C22H25FN6O4S. The van der Waals surface area contributed by atoms with Crippen LogP contribution in [0.15, 0.2) is 30.6 Å². The minimum Gasteiger partial charge on any atom is -0.406 e. The van der Waals surface area contributed by atoms with Gasteiger partial charge in [0.25, 0.3) is 0 Å². The number of amides is 1. The fourth-order valence-corrected chi connectivity index (χ4v) is 4.13. The Kier molecular flexibility index (Phi) is 6.02. The zero-order valence-electron chi connectivity index (χ0n) is 19.2. The van der Waals surface area contributed by atoms with Crippen LogP contribution in [0.25, 0.3) is 33.5 Å². The number of aromatic nitrogens is 5. The maximum Gasteiger partial charge on any atom is 0.413 e. The average molecular weight is 489 g/mol. The van der Waals surface area contributed by atoms with Gasteiger partial charge in [-0.15, -0.1) is 0 Å². The van der Waals surface area contributed by atoms with Gasteiger partial charge in [-0.25, -0.2) is 27.6 Å². The summed E-state index contributed by atoms with van der Waals surface area (Å²) < 4.78 is 43.9. The third kappa shape index (κ3) is 5.33. The maximum absolute atomic E-state index is 14.0. The molecule has 2 N–H and O–H groups in total. The van der Waals surface area contributed by atoms with Crippen LogP contribution in [0.4, 0.5) is 9.18 Å². The largest absolute Gasteiger partial charge is 0.413 e. The number of nitrogens with zero attached hydrogens (tertiary/aromatic N) is 4. The molecule has 1 aromatic carbocycles. The van der Waals surface area contributed by atoms with Gasteiger partial charge in [-0.3, -0.25) is 4.68 Å². The first-order chi connectivity index (χ1) is 15.9. The highest BCUT2D eigenvalue weighted by Crippen LogP contribution is 2.30. The lowest BCUT2D eigenvalue weighted by atomic mass is 10.1. The summed E-state index contributed by atoms with van der Waals surface area (Å²) >= 11 is 0. The predicted octanol–water partition coefficient (Wildman–Crippen LogP) is 3.44. The lowest BCUT2D eigenvalue weighted by Crippen LogP contribution is -2.42. The fraction of sp³-hybridized carbons (Fsp3) is 0.364. The molecule has 0 atom stereocenters. The Morgan fingerprint density at radius 3 is 2.76 bits per heavy atom. The van der Waals surface area contributed by atoms with E-state index in [0.29, 0.717) is 39.9 Å². The van der Waals surface area contributed by atoms with Crippen LogP contribution in [-0.4, -0.2) is 56.8 Å². The second kappa shape index (κ2) is 8.67. The number of fused-ring (bicyclic) bond motifs is 2. The molecule has 0 radical (unpaired) electrons. The van der Waals surface area contributed by atoms with Crippen LogP contribution in [0, 0.1) is 5.82 Å². The summed E-state index contributed by atoms with van der Waals surface area (Å²) in [5.41, 5.74) is 1.65. The number of H-pyrrole nitrogens is 1. The van der Waals surface area contributed by atoms with E-state index in [0.717, 1.165) is 0 Å². The van der Waals surface area contributed by atoms with E-state index in [9.17, 15) is 17.6 Å². The molecule has 0 aliphatic heterocycles. The number of benzene rings is 1. The van der Waals surface area contributed by atoms with E-state index >= 15 is 0 Å². The summed E-state index contributed by atoms with van der Waals surface area (Å²) in [5.74, 6) is -0.240. The van der Waals surface area contributed by atoms with E-state index < -0.39 is 27.3 Å². The first kappa shape index (κ1) is 23.6. The van der Waals surface area contributed by atoms with Gasteiger partial charge in [0, 0.05) is 29.9 Å². The fourth-order valence-electron chi connectivity index (χ4n) is 3.48. The summed E-state index contributed by atoms with van der Waals surface area (Å²) in [7, 11) is -3.13. The Morgan fingerprint density at radius 1 is 1.29 bits per heavy atom. The molecule has 12 heteroatoms. The maximum atomic E-state index is 14.0. The van der Waals surface area contributed by atoms with Gasteiger partial charge in [-0.1, -0.05) is 0 Å². The van der Waals surface area contributed by atoms with Crippen molar-refractivity contribution in [2.75, 3.05) is 12.0 Å². The molecule has 3 heterocycles. The van der Waals surface area contributed by atoms with Crippen LogP contribution in [-0.2, 0) is 16.4 Å². The molecule has 0 spiro atoms. The number of hydrogen-bond acceptors (Lipinski definition) is 7. The number of sulfone groups is 1. The van der Waals surface area contributed by atoms with Crippen LogP contribution < -0.4 is 10.1 Å². The van der Waals surface area contributed by atoms with Crippen molar-refractivity contribution in [2.45, 2.75) is 39.3 Å². The Hall–Kier alpha value is -3.54. The van der Waals surface area contributed by atoms with Crippen molar-refractivity contribution in [3.8, 4) is 17.1 Å². The standard InChI is InChI=1S/C22H25FN6O4S/c1-22(2,3)27-21(30)33-17-12-25-20-19(17)26-15(11-24-20)18-14-7-6-13(23)10-16(14)29(28-18)8-5-9-34(4,31)32/h6-7,10-12H,5,8-9H2,1-4H3,(H,24,25)(H,27,30). The molecule has 10 nitrogen and oxygen atoms in total. The van der Waals surface area contributed by atoms with Gasteiger partial charge in [0.15, 0.2) is 16.9 Å². The smallest absolute Gasteiger partial charge is 0.406 e. The molecule has 0 bridgehead atoms. The van der Waals surface area contributed by atoms with E-state index in [4.69, 9.17) is 4.74 Å². The Bertz CT molecular complexity index is 1490. The van der Waals surface area contributed by atoms with E-state index in [1.165, 1.54) is 30.8 Å².